The molecule has 0 aliphatic carbocycles. The van der Waals surface area contributed by atoms with Crippen LogP contribution in [0, 0.1) is 5.41 Å². The summed E-state index contributed by atoms with van der Waals surface area (Å²) in [6.45, 7) is 4.42. The minimum Gasteiger partial charge on any atom is -0.453 e. The van der Waals surface area contributed by atoms with E-state index in [0.29, 0.717) is 6.54 Å². The predicted molar refractivity (Wildman–Crippen MR) is 56.6 cm³/mol. The van der Waals surface area contributed by atoms with Crippen LogP contribution in [-0.2, 0) is 9.53 Å². The van der Waals surface area contributed by atoms with E-state index in [1.54, 1.807) is 4.90 Å². The van der Waals surface area contributed by atoms with E-state index >= 15 is 0 Å². The lowest BCUT2D eigenvalue weighted by molar-refractivity contribution is -0.118. The van der Waals surface area contributed by atoms with Crippen LogP contribution >= 0.6 is 0 Å². The molecule has 0 aromatic carbocycles. The topological polar surface area (TPSA) is 46.6 Å². The third-order valence-corrected chi connectivity index (χ3v) is 3.07. The molecule has 4 heteroatoms. The average molecular weight is 213 g/mol. The van der Waals surface area contributed by atoms with Gasteiger partial charge in [0.1, 0.15) is 6.29 Å². The minimum absolute atomic E-state index is 0.0313. The molecule has 0 radical (unpaired) electrons. The first-order valence-corrected chi connectivity index (χ1v) is 5.34. The molecule has 0 aromatic rings. The van der Waals surface area contributed by atoms with Gasteiger partial charge >= 0.3 is 6.09 Å². The normalized spacial score (nSPS) is 22.3. The lowest BCUT2D eigenvalue weighted by atomic mass is 9.80. The van der Waals surface area contributed by atoms with Crippen molar-refractivity contribution in [3.63, 3.8) is 0 Å². The number of rotatable bonds is 2. The van der Waals surface area contributed by atoms with E-state index < -0.39 is 5.41 Å². The Morgan fingerprint density at radius 1 is 1.47 bits per heavy atom. The van der Waals surface area contributed by atoms with Crippen LogP contribution < -0.4 is 0 Å². The number of methoxy groups -OCH3 is 1. The lowest BCUT2D eigenvalue weighted by Crippen LogP contribution is -2.51. The molecular formula is C11H19NO3. The Bertz CT molecular complexity index is 250. The van der Waals surface area contributed by atoms with E-state index in [9.17, 15) is 9.59 Å². The smallest absolute Gasteiger partial charge is 0.409 e. The van der Waals surface area contributed by atoms with Gasteiger partial charge in [-0.05, 0) is 19.3 Å². The highest BCUT2D eigenvalue weighted by Crippen LogP contribution is 2.31. The molecule has 0 aromatic heterocycles. The summed E-state index contributed by atoms with van der Waals surface area (Å²) in [6.07, 6.45) is 3.53. The van der Waals surface area contributed by atoms with Crippen molar-refractivity contribution in [2.24, 2.45) is 5.41 Å². The van der Waals surface area contributed by atoms with Gasteiger partial charge < -0.3 is 14.4 Å². The van der Waals surface area contributed by atoms with Gasteiger partial charge in [0.05, 0.1) is 7.11 Å². The molecular weight excluding hydrogens is 194 g/mol. The van der Waals surface area contributed by atoms with Gasteiger partial charge in [-0.25, -0.2) is 4.79 Å². The van der Waals surface area contributed by atoms with Crippen molar-refractivity contribution in [1.82, 2.24) is 4.90 Å². The number of amides is 1. The number of likely N-dealkylation sites (tertiary alicyclic amines) is 1. The molecule has 0 bridgehead atoms. The molecule has 15 heavy (non-hydrogen) atoms. The fourth-order valence-electron chi connectivity index (χ4n) is 2.12. The number of carbonyl (C=O) groups is 2. The third-order valence-electron chi connectivity index (χ3n) is 3.07. The molecule has 1 fully saturated rings. The molecule has 1 saturated heterocycles. The number of ether oxygens (including phenoxy) is 1. The van der Waals surface area contributed by atoms with Crippen LogP contribution in [0.15, 0.2) is 0 Å². The molecule has 0 spiro atoms. The SMILES string of the molecule is COC(=O)N1CCCC[C@@H]1C(C)(C)C=O. The zero-order valence-electron chi connectivity index (χ0n) is 9.66. The minimum atomic E-state index is -0.491. The van der Waals surface area contributed by atoms with Gasteiger partial charge in [0.25, 0.3) is 0 Å². The third kappa shape index (κ3) is 2.49. The molecule has 1 rings (SSSR count). The first-order valence-electron chi connectivity index (χ1n) is 5.34. The molecule has 1 aliphatic heterocycles. The van der Waals surface area contributed by atoms with Crippen LogP contribution in [0.25, 0.3) is 0 Å². The molecule has 0 saturated carbocycles. The Labute approximate surface area is 90.6 Å². The summed E-state index contributed by atoms with van der Waals surface area (Å²) < 4.78 is 4.73. The lowest BCUT2D eigenvalue weighted by Gasteiger charge is -2.41. The van der Waals surface area contributed by atoms with E-state index in [4.69, 9.17) is 4.74 Å². The van der Waals surface area contributed by atoms with Crippen molar-refractivity contribution in [2.45, 2.75) is 39.2 Å². The van der Waals surface area contributed by atoms with Gasteiger partial charge in [0.2, 0.25) is 0 Å². The van der Waals surface area contributed by atoms with Gasteiger partial charge in [0, 0.05) is 18.0 Å². The first kappa shape index (κ1) is 12.0. The molecule has 1 amide bonds. The Hall–Kier alpha value is -1.06. The number of carbonyl (C=O) groups excluding carboxylic acids is 2. The summed E-state index contributed by atoms with van der Waals surface area (Å²) in [6, 6.07) is -0.0313. The number of hydrogen-bond donors (Lipinski definition) is 0. The van der Waals surface area contributed by atoms with Crippen LogP contribution in [0.5, 0.6) is 0 Å². The standard InChI is InChI=1S/C11H19NO3/c1-11(2,8-13)9-6-4-5-7-12(9)10(14)15-3/h8-9H,4-7H2,1-3H3/t9-/m1/s1. The van der Waals surface area contributed by atoms with Crippen molar-refractivity contribution in [3.05, 3.63) is 0 Å². The monoisotopic (exact) mass is 213 g/mol. The Morgan fingerprint density at radius 2 is 2.13 bits per heavy atom. The number of aldehydes is 1. The van der Waals surface area contributed by atoms with Crippen molar-refractivity contribution in [2.75, 3.05) is 13.7 Å². The Kier molecular flexibility index (Phi) is 3.72. The maximum Gasteiger partial charge on any atom is 0.409 e. The van der Waals surface area contributed by atoms with Crippen LogP contribution in [0.1, 0.15) is 33.1 Å². The maximum atomic E-state index is 11.5. The summed E-state index contributed by atoms with van der Waals surface area (Å²) in [5.41, 5.74) is -0.491. The van der Waals surface area contributed by atoms with E-state index in [0.717, 1.165) is 25.5 Å². The zero-order chi connectivity index (χ0) is 11.5. The van der Waals surface area contributed by atoms with Gasteiger partial charge in [-0.15, -0.1) is 0 Å². The largest absolute Gasteiger partial charge is 0.453 e. The summed E-state index contributed by atoms with van der Waals surface area (Å²) >= 11 is 0. The van der Waals surface area contributed by atoms with E-state index in [-0.39, 0.29) is 12.1 Å². The van der Waals surface area contributed by atoms with Crippen molar-refractivity contribution in [1.29, 1.82) is 0 Å². The summed E-state index contributed by atoms with van der Waals surface area (Å²) in [5, 5.41) is 0. The van der Waals surface area contributed by atoms with Crippen molar-refractivity contribution < 1.29 is 14.3 Å². The highest BCUT2D eigenvalue weighted by atomic mass is 16.5. The van der Waals surface area contributed by atoms with Crippen LogP contribution in [0.4, 0.5) is 4.79 Å². The van der Waals surface area contributed by atoms with Gasteiger partial charge in [-0.3, -0.25) is 0 Å². The number of piperidine rings is 1. The van der Waals surface area contributed by atoms with Gasteiger partial charge in [0.15, 0.2) is 0 Å². The average Bonchev–Trinajstić information content (AvgIpc) is 2.28. The highest BCUT2D eigenvalue weighted by molar-refractivity contribution is 5.70. The Balaban J connectivity index is 2.82. The van der Waals surface area contributed by atoms with Crippen LogP contribution in [0.2, 0.25) is 0 Å². The van der Waals surface area contributed by atoms with Gasteiger partial charge in [-0.2, -0.15) is 0 Å². The predicted octanol–water partition coefficient (Wildman–Crippen LogP) is 1.83. The van der Waals surface area contributed by atoms with Crippen molar-refractivity contribution >= 4 is 12.4 Å². The van der Waals surface area contributed by atoms with Gasteiger partial charge in [-0.1, -0.05) is 13.8 Å². The fraction of sp³-hybridized carbons (Fsp3) is 0.818. The summed E-state index contributed by atoms with van der Waals surface area (Å²) in [4.78, 5) is 24.2. The van der Waals surface area contributed by atoms with Crippen LogP contribution in [0.3, 0.4) is 0 Å². The van der Waals surface area contributed by atoms with E-state index in [1.165, 1.54) is 7.11 Å². The second-order valence-corrected chi connectivity index (χ2v) is 4.61. The molecule has 1 atom stereocenters. The second kappa shape index (κ2) is 4.64. The fourth-order valence-corrected chi connectivity index (χ4v) is 2.12. The summed E-state index contributed by atoms with van der Waals surface area (Å²) in [7, 11) is 1.38. The molecule has 4 nitrogen and oxygen atoms in total. The van der Waals surface area contributed by atoms with E-state index in [2.05, 4.69) is 0 Å². The molecule has 1 aliphatic rings. The zero-order valence-corrected chi connectivity index (χ0v) is 9.66. The number of hydrogen-bond acceptors (Lipinski definition) is 3. The Morgan fingerprint density at radius 3 is 2.67 bits per heavy atom. The molecule has 0 unspecified atom stereocenters. The highest BCUT2D eigenvalue weighted by Gasteiger charge is 2.38. The second-order valence-electron chi connectivity index (χ2n) is 4.61. The van der Waals surface area contributed by atoms with E-state index in [1.807, 2.05) is 13.8 Å². The molecule has 0 N–H and O–H groups in total. The molecule has 86 valence electrons. The first-order chi connectivity index (χ1) is 7.03. The quantitative estimate of drug-likeness (QED) is 0.657. The van der Waals surface area contributed by atoms with Crippen molar-refractivity contribution in [3.8, 4) is 0 Å². The van der Waals surface area contributed by atoms with Crippen LogP contribution in [-0.4, -0.2) is 37.0 Å². The maximum absolute atomic E-state index is 11.5. The number of nitrogens with zero attached hydrogens (tertiary/aromatic N) is 1. The summed E-state index contributed by atoms with van der Waals surface area (Å²) in [5.74, 6) is 0. The molecule has 1 heterocycles.